The Morgan fingerprint density at radius 3 is 2.77 bits per heavy atom. The van der Waals surface area contributed by atoms with E-state index in [-0.39, 0.29) is 24.8 Å². The molecular weight excluding hydrogens is 328 g/mol. The molecule has 0 radical (unpaired) electrons. The van der Waals surface area contributed by atoms with E-state index in [9.17, 15) is 9.59 Å². The highest BCUT2D eigenvalue weighted by Crippen LogP contribution is 2.19. The van der Waals surface area contributed by atoms with Crippen LogP contribution in [0.1, 0.15) is 18.9 Å². The second kappa shape index (κ2) is 8.81. The minimum atomic E-state index is -0.130. The largest absolute Gasteiger partial charge is 0.381 e. The Balaban J connectivity index is 1.53. The fourth-order valence-electron chi connectivity index (χ4n) is 3.41. The summed E-state index contributed by atoms with van der Waals surface area (Å²) < 4.78 is 5.37. The number of rotatable bonds is 7. The van der Waals surface area contributed by atoms with Gasteiger partial charge in [-0.25, -0.2) is 0 Å². The third-order valence-electron chi connectivity index (χ3n) is 4.90. The first kappa shape index (κ1) is 18.4. The van der Waals surface area contributed by atoms with Gasteiger partial charge in [0, 0.05) is 25.6 Å². The molecule has 138 valence electrons. The van der Waals surface area contributed by atoms with Crippen molar-refractivity contribution in [2.75, 3.05) is 32.8 Å². The smallest absolute Gasteiger partial charge is 0.241 e. The highest BCUT2D eigenvalue weighted by atomic mass is 16.5. The van der Waals surface area contributed by atoms with E-state index in [1.165, 1.54) is 0 Å². The highest BCUT2D eigenvalue weighted by molar-refractivity contribution is 5.91. The lowest BCUT2D eigenvalue weighted by Crippen LogP contribution is -2.42. The van der Waals surface area contributed by atoms with Crippen LogP contribution in [0.4, 0.5) is 0 Å². The van der Waals surface area contributed by atoms with Crippen LogP contribution in [-0.4, -0.2) is 49.6 Å². The molecule has 0 spiro atoms. The molecular formula is C21H26N2O3. The normalized spacial score (nSPS) is 16.6. The van der Waals surface area contributed by atoms with Crippen molar-refractivity contribution in [1.29, 1.82) is 0 Å². The van der Waals surface area contributed by atoms with Crippen molar-refractivity contribution >= 4 is 22.6 Å². The number of carbonyl (C=O) groups excluding carboxylic acids is 2. The van der Waals surface area contributed by atoms with Crippen molar-refractivity contribution in [3.05, 3.63) is 48.0 Å². The first-order chi connectivity index (χ1) is 12.7. The van der Waals surface area contributed by atoms with Crippen molar-refractivity contribution in [2.24, 2.45) is 5.92 Å². The quantitative estimate of drug-likeness (QED) is 0.831. The summed E-state index contributed by atoms with van der Waals surface area (Å²) in [7, 11) is 0. The highest BCUT2D eigenvalue weighted by Gasteiger charge is 2.21. The summed E-state index contributed by atoms with van der Waals surface area (Å²) in [6, 6.07) is 14.0. The van der Waals surface area contributed by atoms with Gasteiger partial charge < -0.3 is 15.0 Å². The first-order valence-electron chi connectivity index (χ1n) is 9.26. The Bertz CT molecular complexity index is 763. The van der Waals surface area contributed by atoms with E-state index in [2.05, 4.69) is 5.32 Å². The summed E-state index contributed by atoms with van der Waals surface area (Å²) >= 11 is 0. The Kier molecular flexibility index (Phi) is 6.23. The lowest BCUT2D eigenvalue weighted by atomic mass is 10.0. The van der Waals surface area contributed by atoms with E-state index < -0.39 is 0 Å². The van der Waals surface area contributed by atoms with Gasteiger partial charge in [-0.2, -0.15) is 0 Å². The fourth-order valence-corrected chi connectivity index (χ4v) is 3.41. The van der Waals surface area contributed by atoms with Crippen LogP contribution in [0.15, 0.2) is 42.5 Å². The second-order valence-electron chi connectivity index (χ2n) is 6.75. The molecule has 26 heavy (non-hydrogen) atoms. The van der Waals surface area contributed by atoms with E-state index >= 15 is 0 Å². The number of benzene rings is 2. The standard InChI is InChI=1S/C21H26N2O3/c1-2-23(14-16-10-11-26-15-16)21(25)13-22-20(24)12-18-8-5-7-17-6-3-4-9-19(17)18/h3-9,16H,2,10-15H2,1H3,(H,22,24). The number of fused-ring (bicyclic) bond motifs is 1. The van der Waals surface area contributed by atoms with Crippen LogP contribution in [0.2, 0.25) is 0 Å². The van der Waals surface area contributed by atoms with E-state index in [1.54, 1.807) is 4.90 Å². The molecule has 1 aliphatic rings. The maximum atomic E-state index is 12.4. The summed E-state index contributed by atoms with van der Waals surface area (Å²) in [5, 5.41) is 4.97. The minimum absolute atomic E-state index is 0.0364. The number of carbonyl (C=O) groups is 2. The molecule has 1 N–H and O–H groups in total. The summed E-state index contributed by atoms with van der Waals surface area (Å²) in [6.07, 6.45) is 1.27. The molecule has 0 aromatic heterocycles. The van der Waals surface area contributed by atoms with Gasteiger partial charge >= 0.3 is 0 Å². The summed E-state index contributed by atoms with van der Waals surface area (Å²) in [5.74, 6) is 0.242. The number of hydrogen-bond acceptors (Lipinski definition) is 3. The zero-order valence-corrected chi connectivity index (χ0v) is 15.2. The van der Waals surface area contributed by atoms with Gasteiger partial charge in [0.15, 0.2) is 0 Å². The molecule has 0 bridgehead atoms. The average molecular weight is 354 g/mol. The maximum absolute atomic E-state index is 12.4. The predicted octanol–water partition coefficient (Wildman–Crippen LogP) is 2.38. The molecule has 0 aliphatic carbocycles. The molecule has 2 amide bonds. The number of amides is 2. The summed E-state index contributed by atoms with van der Waals surface area (Å²) in [5.41, 5.74) is 0.975. The zero-order chi connectivity index (χ0) is 18.4. The zero-order valence-electron chi connectivity index (χ0n) is 15.2. The van der Waals surface area contributed by atoms with Crippen molar-refractivity contribution in [1.82, 2.24) is 10.2 Å². The summed E-state index contributed by atoms with van der Waals surface area (Å²) in [4.78, 5) is 26.5. The monoisotopic (exact) mass is 354 g/mol. The number of nitrogens with zero attached hydrogens (tertiary/aromatic N) is 1. The summed E-state index contributed by atoms with van der Waals surface area (Å²) in [6.45, 7) is 4.86. The molecule has 3 rings (SSSR count). The average Bonchev–Trinajstić information content (AvgIpc) is 3.18. The van der Waals surface area contributed by atoms with Gasteiger partial charge in [0.25, 0.3) is 0 Å². The van der Waals surface area contributed by atoms with Crippen molar-refractivity contribution in [3.63, 3.8) is 0 Å². The van der Waals surface area contributed by atoms with E-state index in [4.69, 9.17) is 4.74 Å². The van der Waals surface area contributed by atoms with Crippen molar-refractivity contribution < 1.29 is 14.3 Å². The lowest BCUT2D eigenvalue weighted by Gasteiger charge is -2.24. The van der Waals surface area contributed by atoms with Gasteiger partial charge in [0.05, 0.1) is 19.6 Å². The minimum Gasteiger partial charge on any atom is -0.381 e. The van der Waals surface area contributed by atoms with Crippen LogP contribution in [-0.2, 0) is 20.7 Å². The third-order valence-corrected chi connectivity index (χ3v) is 4.90. The first-order valence-corrected chi connectivity index (χ1v) is 9.26. The second-order valence-corrected chi connectivity index (χ2v) is 6.75. The molecule has 0 saturated carbocycles. The number of likely N-dealkylation sites (N-methyl/N-ethyl adjacent to an activating group) is 1. The van der Waals surface area contributed by atoms with Crippen molar-refractivity contribution in [2.45, 2.75) is 19.8 Å². The molecule has 1 saturated heterocycles. The molecule has 2 aromatic carbocycles. The van der Waals surface area contributed by atoms with Gasteiger partial charge in [-0.3, -0.25) is 9.59 Å². The molecule has 2 aromatic rings. The van der Waals surface area contributed by atoms with E-state index in [0.29, 0.717) is 19.0 Å². The molecule has 5 nitrogen and oxygen atoms in total. The third kappa shape index (κ3) is 4.61. The van der Waals surface area contributed by atoms with Gasteiger partial charge in [-0.05, 0) is 29.7 Å². The number of hydrogen-bond donors (Lipinski definition) is 1. The van der Waals surface area contributed by atoms with Crippen LogP contribution in [0.25, 0.3) is 10.8 Å². The fraction of sp³-hybridized carbons (Fsp3) is 0.429. The predicted molar refractivity (Wildman–Crippen MR) is 102 cm³/mol. The van der Waals surface area contributed by atoms with Crippen LogP contribution in [0, 0.1) is 5.92 Å². The van der Waals surface area contributed by atoms with Crippen LogP contribution in [0.3, 0.4) is 0 Å². The van der Waals surface area contributed by atoms with Crippen LogP contribution in [0.5, 0.6) is 0 Å². The molecule has 5 heteroatoms. The van der Waals surface area contributed by atoms with Crippen molar-refractivity contribution in [3.8, 4) is 0 Å². The molecule has 1 heterocycles. The molecule has 1 atom stereocenters. The number of ether oxygens (including phenoxy) is 1. The van der Waals surface area contributed by atoms with Gasteiger partial charge in [-0.1, -0.05) is 42.5 Å². The Hall–Kier alpha value is -2.40. The molecule has 1 unspecified atom stereocenters. The SMILES string of the molecule is CCN(CC1CCOC1)C(=O)CNC(=O)Cc1cccc2ccccc12. The molecule has 1 fully saturated rings. The van der Waals surface area contributed by atoms with Gasteiger partial charge in [0.1, 0.15) is 0 Å². The van der Waals surface area contributed by atoms with E-state index in [1.807, 2.05) is 49.4 Å². The number of nitrogens with one attached hydrogen (secondary N) is 1. The van der Waals surface area contributed by atoms with Gasteiger partial charge in [0.2, 0.25) is 11.8 Å². The topological polar surface area (TPSA) is 58.6 Å². The van der Waals surface area contributed by atoms with Crippen LogP contribution < -0.4 is 5.32 Å². The maximum Gasteiger partial charge on any atom is 0.241 e. The van der Waals surface area contributed by atoms with E-state index in [0.717, 1.165) is 36.0 Å². The Morgan fingerprint density at radius 2 is 2.00 bits per heavy atom. The van der Waals surface area contributed by atoms with Gasteiger partial charge in [-0.15, -0.1) is 0 Å². The molecule has 1 aliphatic heterocycles. The Morgan fingerprint density at radius 1 is 1.19 bits per heavy atom. The lowest BCUT2D eigenvalue weighted by molar-refractivity contribution is -0.133. The Labute approximate surface area is 154 Å². The van der Waals surface area contributed by atoms with Crippen LogP contribution >= 0.6 is 0 Å².